The quantitative estimate of drug-likeness (QED) is 0.352. The highest BCUT2D eigenvalue weighted by molar-refractivity contribution is 5.98. The Hall–Kier alpha value is -4.45. The van der Waals surface area contributed by atoms with Crippen LogP contribution in [0.25, 0.3) is 21.9 Å². The van der Waals surface area contributed by atoms with E-state index in [2.05, 4.69) is 39.7 Å². The lowest BCUT2D eigenvalue weighted by Crippen LogP contribution is -2.23. The first-order valence-corrected chi connectivity index (χ1v) is 11.5. The fourth-order valence-electron chi connectivity index (χ4n) is 4.25. The third-order valence-corrected chi connectivity index (χ3v) is 6.12. The fraction of sp³-hybridized carbons (Fsp3) is 0.138. The van der Waals surface area contributed by atoms with E-state index in [4.69, 9.17) is 4.74 Å². The van der Waals surface area contributed by atoms with Gasteiger partial charge >= 0.3 is 0 Å². The van der Waals surface area contributed by atoms with Gasteiger partial charge in [-0.3, -0.25) is 14.5 Å². The third kappa shape index (κ3) is 4.77. The zero-order chi connectivity index (χ0) is 24.2. The van der Waals surface area contributed by atoms with Crippen molar-refractivity contribution in [3.8, 4) is 16.9 Å². The average molecular weight is 463 g/mol. The number of rotatable bonds is 7. The van der Waals surface area contributed by atoms with E-state index >= 15 is 0 Å². The van der Waals surface area contributed by atoms with E-state index in [0.29, 0.717) is 18.8 Å². The van der Waals surface area contributed by atoms with Gasteiger partial charge in [-0.25, -0.2) is 0 Å². The van der Waals surface area contributed by atoms with Gasteiger partial charge in [-0.1, -0.05) is 54.6 Å². The van der Waals surface area contributed by atoms with Crippen LogP contribution in [0.3, 0.4) is 0 Å². The molecule has 2 heterocycles. The van der Waals surface area contributed by atoms with E-state index in [9.17, 15) is 4.79 Å². The molecule has 5 rings (SSSR count). The van der Waals surface area contributed by atoms with Gasteiger partial charge in [0.1, 0.15) is 11.4 Å². The van der Waals surface area contributed by atoms with Crippen molar-refractivity contribution in [1.29, 1.82) is 0 Å². The molecule has 0 aliphatic heterocycles. The lowest BCUT2D eigenvalue weighted by Gasteiger charge is -2.12. The number of aryl methyl sites for hydroxylation is 1. The van der Waals surface area contributed by atoms with Crippen molar-refractivity contribution >= 4 is 16.7 Å². The van der Waals surface area contributed by atoms with Gasteiger partial charge in [0, 0.05) is 30.0 Å². The average Bonchev–Trinajstić information content (AvgIpc) is 3.27. The summed E-state index contributed by atoms with van der Waals surface area (Å²) in [5.41, 5.74) is 5.64. The van der Waals surface area contributed by atoms with Gasteiger partial charge in [0.25, 0.3) is 5.91 Å². The maximum atomic E-state index is 12.9. The number of nitrogens with zero attached hydrogens (tertiary/aromatic N) is 3. The summed E-state index contributed by atoms with van der Waals surface area (Å²) in [7, 11) is 1.67. The zero-order valence-corrected chi connectivity index (χ0v) is 19.7. The zero-order valence-electron chi connectivity index (χ0n) is 19.7. The Labute approximate surface area is 204 Å². The number of ether oxygens (including phenoxy) is 1. The predicted molar refractivity (Wildman–Crippen MR) is 137 cm³/mol. The van der Waals surface area contributed by atoms with Crippen molar-refractivity contribution in [1.82, 2.24) is 20.1 Å². The van der Waals surface area contributed by atoms with Crippen LogP contribution in [0.1, 0.15) is 27.3 Å². The van der Waals surface area contributed by atoms with E-state index in [1.807, 2.05) is 72.4 Å². The van der Waals surface area contributed by atoms with Crippen LogP contribution in [-0.2, 0) is 13.1 Å². The van der Waals surface area contributed by atoms with Crippen molar-refractivity contribution in [3.63, 3.8) is 0 Å². The van der Waals surface area contributed by atoms with E-state index in [-0.39, 0.29) is 5.91 Å². The molecule has 0 unspecified atom stereocenters. The molecule has 6 nitrogen and oxygen atoms in total. The van der Waals surface area contributed by atoms with Crippen LogP contribution in [-0.4, -0.2) is 27.8 Å². The van der Waals surface area contributed by atoms with Crippen LogP contribution in [0.5, 0.6) is 5.75 Å². The second kappa shape index (κ2) is 9.81. The predicted octanol–water partition coefficient (Wildman–Crippen LogP) is 5.39. The number of methoxy groups -OCH3 is 1. The van der Waals surface area contributed by atoms with E-state index in [0.717, 1.165) is 44.5 Å². The minimum atomic E-state index is -0.200. The molecule has 174 valence electrons. The molecule has 0 spiro atoms. The molecule has 0 bridgehead atoms. The maximum Gasteiger partial charge on any atom is 0.272 e. The Balaban J connectivity index is 1.36. The van der Waals surface area contributed by atoms with E-state index in [1.165, 1.54) is 0 Å². The Morgan fingerprint density at radius 1 is 0.971 bits per heavy atom. The SMILES string of the molecule is COc1cccc(-c2ccc(CNC(=O)c3cc(C)n(Cc4ccccc4)n3)c3cnccc23)c1. The van der Waals surface area contributed by atoms with Gasteiger partial charge in [0.2, 0.25) is 0 Å². The first-order valence-electron chi connectivity index (χ1n) is 11.5. The van der Waals surface area contributed by atoms with E-state index in [1.54, 1.807) is 13.3 Å². The number of hydrogen-bond donors (Lipinski definition) is 1. The molecule has 1 N–H and O–H groups in total. The van der Waals surface area contributed by atoms with Gasteiger partial charge < -0.3 is 10.1 Å². The van der Waals surface area contributed by atoms with Crippen molar-refractivity contribution < 1.29 is 9.53 Å². The van der Waals surface area contributed by atoms with Gasteiger partial charge in [0.15, 0.2) is 0 Å². The summed E-state index contributed by atoms with van der Waals surface area (Å²) in [6.45, 7) is 2.97. The van der Waals surface area contributed by atoms with Crippen LogP contribution in [0.2, 0.25) is 0 Å². The molecule has 0 atom stereocenters. The molecule has 35 heavy (non-hydrogen) atoms. The van der Waals surface area contributed by atoms with Crippen LogP contribution in [0.4, 0.5) is 0 Å². The number of amides is 1. The summed E-state index contributed by atoms with van der Waals surface area (Å²) >= 11 is 0. The Bertz CT molecular complexity index is 1490. The van der Waals surface area contributed by atoms with Gasteiger partial charge in [0.05, 0.1) is 13.7 Å². The summed E-state index contributed by atoms with van der Waals surface area (Å²) in [5.74, 6) is 0.608. The largest absolute Gasteiger partial charge is 0.497 e. The van der Waals surface area contributed by atoms with Gasteiger partial charge in [-0.05, 0) is 58.8 Å². The van der Waals surface area contributed by atoms with Crippen molar-refractivity contribution in [2.24, 2.45) is 0 Å². The van der Waals surface area contributed by atoms with Gasteiger partial charge in [-0.2, -0.15) is 5.10 Å². The molecule has 2 aromatic heterocycles. The fourth-order valence-corrected chi connectivity index (χ4v) is 4.25. The number of pyridine rings is 1. The highest BCUT2D eigenvalue weighted by atomic mass is 16.5. The second-order valence-electron chi connectivity index (χ2n) is 8.42. The first kappa shape index (κ1) is 22.3. The van der Waals surface area contributed by atoms with Crippen LogP contribution < -0.4 is 10.1 Å². The summed E-state index contributed by atoms with van der Waals surface area (Å²) in [6, 6.07) is 26.0. The molecule has 1 amide bonds. The normalized spacial score (nSPS) is 10.9. The standard InChI is InChI=1S/C29H26N4O2/c1-20-15-28(32-33(20)19-21-7-4-3-5-8-21)29(34)31-17-23-11-12-25(26-13-14-30-18-27(23)26)22-9-6-10-24(16-22)35-2/h3-16,18H,17,19H2,1-2H3,(H,31,34). The highest BCUT2D eigenvalue weighted by Crippen LogP contribution is 2.32. The molecule has 0 radical (unpaired) electrons. The van der Waals surface area contributed by atoms with Crippen molar-refractivity contribution in [2.75, 3.05) is 7.11 Å². The lowest BCUT2D eigenvalue weighted by atomic mass is 9.96. The monoisotopic (exact) mass is 462 g/mol. The topological polar surface area (TPSA) is 69.0 Å². The van der Waals surface area contributed by atoms with Crippen LogP contribution in [0, 0.1) is 6.92 Å². The molecule has 0 saturated heterocycles. The summed E-state index contributed by atoms with van der Waals surface area (Å²) in [6.07, 6.45) is 3.63. The smallest absolute Gasteiger partial charge is 0.272 e. The summed E-state index contributed by atoms with van der Waals surface area (Å²) in [4.78, 5) is 17.2. The molecule has 5 aromatic rings. The minimum Gasteiger partial charge on any atom is -0.497 e. The van der Waals surface area contributed by atoms with Crippen LogP contribution >= 0.6 is 0 Å². The third-order valence-electron chi connectivity index (χ3n) is 6.12. The Morgan fingerprint density at radius 2 is 1.83 bits per heavy atom. The number of carbonyl (C=O) groups is 1. The van der Waals surface area contributed by atoms with Crippen molar-refractivity contribution in [2.45, 2.75) is 20.0 Å². The molecular weight excluding hydrogens is 436 g/mol. The number of aromatic nitrogens is 3. The second-order valence-corrected chi connectivity index (χ2v) is 8.42. The van der Waals surface area contributed by atoms with Gasteiger partial charge in [-0.15, -0.1) is 0 Å². The molecule has 3 aromatic carbocycles. The summed E-state index contributed by atoms with van der Waals surface area (Å²) in [5, 5.41) is 9.63. The molecule has 6 heteroatoms. The maximum absolute atomic E-state index is 12.9. The molecule has 0 saturated carbocycles. The minimum absolute atomic E-state index is 0.200. The molecule has 0 fully saturated rings. The van der Waals surface area contributed by atoms with Crippen molar-refractivity contribution in [3.05, 3.63) is 114 Å². The Morgan fingerprint density at radius 3 is 2.66 bits per heavy atom. The first-order chi connectivity index (χ1) is 17.1. The Kier molecular flexibility index (Phi) is 6.26. The highest BCUT2D eigenvalue weighted by Gasteiger charge is 2.14. The molecular formula is C29H26N4O2. The number of fused-ring (bicyclic) bond motifs is 1. The van der Waals surface area contributed by atoms with E-state index < -0.39 is 0 Å². The number of nitrogens with one attached hydrogen (secondary N) is 1. The molecule has 0 aliphatic carbocycles. The molecule has 0 aliphatic rings. The number of carbonyl (C=O) groups excluding carboxylic acids is 1. The van der Waals surface area contributed by atoms with Crippen LogP contribution in [0.15, 0.2) is 91.3 Å². The number of benzene rings is 3. The lowest BCUT2D eigenvalue weighted by molar-refractivity contribution is 0.0945. The number of hydrogen-bond acceptors (Lipinski definition) is 4. The summed E-state index contributed by atoms with van der Waals surface area (Å²) < 4.78 is 7.25.